The second-order valence-corrected chi connectivity index (χ2v) is 6.94. The Balaban J connectivity index is 1.43. The molecule has 0 atom stereocenters. The van der Waals surface area contributed by atoms with Gasteiger partial charge in [0.1, 0.15) is 5.75 Å². The normalized spacial score (nSPS) is 14.6. The topological polar surface area (TPSA) is 49.9 Å². The zero-order valence-electron chi connectivity index (χ0n) is 15.7. The Hall–Kier alpha value is -2.82. The number of piperidine rings is 1. The largest absolute Gasteiger partial charge is 0.484 e. The molecule has 0 spiro atoms. The van der Waals surface area contributed by atoms with E-state index in [4.69, 9.17) is 4.74 Å². The van der Waals surface area contributed by atoms with Crippen molar-refractivity contribution in [3.05, 3.63) is 66.2 Å². The summed E-state index contributed by atoms with van der Waals surface area (Å²) in [5.41, 5.74) is 1.12. The number of carbonyl (C=O) groups excluding carboxylic acids is 2. The predicted molar refractivity (Wildman–Crippen MR) is 104 cm³/mol. The van der Waals surface area contributed by atoms with Gasteiger partial charge < -0.3 is 14.5 Å². The SMILES string of the molecule is CN(Cc1ccccc1)C(=O)C1CCN(C(=O)COc2ccccc2)CC1. The molecule has 1 aliphatic rings. The van der Waals surface area contributed by atoms with Crippen molar-refractivity contribution in [2.24, 2.45) is 5.92 Å². The highest BCUT2D eigenvalue weighted by atomic mass is 16.5. The first-order chi connectivity index (χ1) is 13.1. The monoisotopic (exact) mass is 366 g/mol. The molecule has 2 amide bonds. The van der Waals surface area contributed by atoms with E-state index in [2.05, 4.69) is 0 Å². The molecule has 1 saturated heterocycles. The molecular weight excluding hydrogens is 340 g/mol. The lowest BCUT2D eigenvalue weighted by Crippen LogP contribution is -2.44. The number of rotatable bonds is 6. The Labute approximate surface area is 160 Å². The summed E-state index contributed by atoms with van der Waals surface area (Å²) in [7, 11) is 1.85. The van der Waals surface area contributed by atoms with Gasteiger partial charge in [0.2, 0.25) is 5.91 Å². The van der Waals surface area contributed by atoms with Crippen molar-refractivity contribution in [2.45, 2.75) is 19.4 Å². The third-order valence-electron chi connectivity index (χ3n) is 4.94. The molecular formula is C22H26N2O3. The summed E-state index contributed by atoms with van der Waals surface area (Å²) in [5, 5.41) is 0. The Kier molecular flexibility index (Phi) is 6.47. The molecule has 0 aliphatic carbocycles. The highest BCUT2D eigenvalue weighted by Gasteiger charge is 2.29. The molecule has 0 bridgehead atoms. The predicted octanol–water partition coefficient (Wildman–Crippen LogP) is 2.96. The number of nitrogens with zero attached hydrogens (tertiary/aromatic N) is 2. The summed E-state index contributed by atoms with van der Waals surface area (Å²) in [4.78, 5) is 28.6. The van der Waals surface area contributed by atoms with E-state index in [1.807, 2.05) is 67.7 Å². The lowest BCUT2D eigenvalue weighted by Gasteiger charge is -2.33. The van der Waals surface area contributed by atoms with Gasteiger partial charge >= 0.3 is 0 Å². The second kappa shape index (κ2) is 9.21. The lowest BCUT2D eigenvalue weighted by atomic mass is 9.95. The third kappa shape index (κ3) is 5.33. The first-order valence-electron chi connectivity index (χ1n) is 9.38. The van der Waals surface area contributed by atoms with Crippen LogP contribution in [0.15, 0.2) is 60.7 Å². The molecule has 5 heteroatoms. The first kappa shape index (κ1) is 19.0. The average molecular weight is 366 g/mol. The van der Waals surface area contributed by atoms with Gasteiger partial charge in [-0.3, -0.25) is 9.59 Å². The van der Waals surface area contributed by atoms with Crippen molar-refractivity contribution in [3.63, 3.8) is 0 Å². The van der Waals surface area contributed by atoms with Crippen molar-refractivity contribution < 1.29 is 14.3 Å². The maximum Gasteiger partial charge on any atom is 0.260 e. The van der Waals surface area contributed by atoms with Crippen molar-refractivity contribution in [1.82, 2.24) is 9.80 Å². The Bertz CT molecular complexity index is 741. The van der Waals surface area contributed by atoms with Crippen LogP contribution in [0.4, 0.5) is 0 Å². The molecule has 1 aliphatic heterocycles. The van der Waals surface area contributed by atoms with Gasteiger partial charge in [-0.05, 0) is 30.5 Å². The molecule has 142 valence electrons. The molecule has 0 saturated carbocycles. The smallest absolute Gasteiger partial charge is 0.260 e. The van der Waals surface area contributed by atoms with Gasteiger partial charge in [-0.15, -0.1) is 0 Å². The van der Waals surface area contributed by atoms with E-state index in [9.17, 15) is 9.59 Å². The van der Waals surface area contributed by atoms with Crippen molar-refractivity contribution in [2.75, 3.05) is 26.7 Å². The number of hydrogen-bond donors (Lipinski definition) is 0. The van der Waals surface area contributed by atoms with Crippen LogP contribution >= 0.6 is 0 Å². The van der Waals surface area contributed by atoms with Gasteiger partial charge in [0.25, 0.3) is 5.91 Å². The van der Waals surface area contributed by atoms with E-state index in [1.54, 1.807) is 9.80 Å². The molecule has 3 rings (SSSR count). The Morgan fingerprint density at radius 2 is 1.59 bits per heavy atom. The molecule has 0 radical (unpaired) electrons. The van der Waals surface area contributed by atoms with Crippen LogP contribution in [-0.2, 0) is 16.1 Å². The molecule has 27 heavy (non-hydrogen) atoms. The van der Waals surface area contributed by atoms with Crippen molar-refractivity contribution in [1.29, 1.82) is 0 Å². The highest BCUT2D eigenvalue weighted by molar-refractivity contribution is 5.80. The molecule has 2 aromatic carbocycles. The summed E-state index contributed by atoms with van der Waals surface area (Å²) < 4.78 is 5.53. The Morgan fingerprint density at radius 3 is 2.22 bits per heavy atom. The van der Waals surface area contributed by atoms with Crippen LogP contribution < -0.4 is 4.74 Å². The van der Waals surface area contributed by atoms with E-state index in [-0.39, 0.29) is 24.3 Å². The molecule has 1 heterocycles. The number of benzene rings is 2. The van der Waals surface area contributed by atoms with Gasteiger partial charge in [-0.2, -0.15) is 0 Å². The molecule has 5 nitrogen and oxygen atoms in total. The minimum atomic E-state index is -0.0256. The fourth-order valence-corrected chi connectivity index (χ4v) is 3.38. The number of likely N-dealkylation sites (tertiary alicyclic amines) is 1. The molecule has 0 aromatic heterocycles. The van der Waals surface area contributed by atoms with E-state index < -0.39 is 0 Å². The fraction of sp³-hybridized carbons (Fsp3) is 0.364. The first-order valence-corrected chi connectivity index (χ1v) is 9.38. The van der Waals surface area contributed by atoms with Crippen LogP contribution in [0.3, 0.4) is 0 Å². The number of ether oxygens (including phenoxy) is 1. The Morgan fingerprint density at radius 1 is 1.00 bits per heavy atom. The number of amides is 2. The van der Waals surface area contributed by atoms with Crippen LogP contribution in [0.2, 0.25) is 0 Å². The van der Waals surface area contributed by atoms with E-state index in [0.29, 0.717) is 38.2 Å². The van der Waals surface area contributed by atoms with Crippen LogP contribution in [0.25, 0.3) is 0 Å². The molecule has 0 unspecified atom stereocenters. The van der Waals surface area contributed by atoms with Gasteiger partial charge in [0.15, 0.2) is 6.61 Å². The highest BCUT2D eigenvalue weighted by Crippen LogP contribution is 2.20. The summed E-state index contributed by atoms with van der Waals surface area (Å²) in [5.74, 6) is 0.810. The number of para-hydroxylation sites is 1. The summed E-state index contributed by atoms with van der Waals surface area (Å²) in [6, 6.07) is 19.3. The van der Waals surface area contributed by atoms with Gasteiger partial charge in [-0.25, -0.2) is 0 Å². The molecule has 2 aromatic rings. The fourth-order valence-electron chi connectivity index (χ4n) is 3.38. The maximum absolute atomic E-state index is 12.7. The van der Waals surface area contributed by atoms with Gasteiger partial charge in [0, 0.05) is 32.6 Å². The number of hydrogen-bond acceptors (Lipinski definition) is 3. The van der Waals surface area contributed by atoms with E-state index in [0.717, 1.165) is 5.56 Å². The molecule has 0 N–H and O–H groups in total. The van der Waals surface area contributed by atoms with Gasteiger partial charge in [0.05, 0.1) is 0 Å². The summed E-state index contributed by atoms with van der Waals surface area (Å²) in [6.07, 6.45) is 1.41. The second-order valence-electron chi connectivity index (χ2n) is 6.94. The van der Waals surface area contributed by atoms with Gasteiger partial charge in [-0.1, -0.05) is 48.5 Å². The van der Waals surface area contributed by atoms with Crippen molar-refractivity contribution >= 4 is 11.8 Å². The average Bonchev–Trinajstić information content (AvgIpc) is 2.73. The van der Waals surface area contributed by atoms with Crippen molar-refractivity contribution in [3.8, 4) is 5.75 Å². The number of carbonyl (C=O) groups is 2. The van der Waals surface area contributed by atoms with E-state index >= 15 is 0 Å². The molecule has 1 fully saturated rings. The van der Waals surface area contributed by atoms with E-state index in [1.165, 1.54) is 0 Å². The maximum atomic E-state index is 12.7. The zero-order chi connectivity index (χ0) is 19.1. The quantitative estimate of drug-likeness (QED) is 0.790. The van der Waals surface area contributed by atoms with Crippen LogP contribution in [-0.4, -0.2) is 48.4 Å². The minimum Gasteiger partial charge on any atom is -0.484 e. The van der Waals surface area contributed by atoms with Crippen LogP contribution in [0, 0.1) is 5.92 Å². The van der Waals surface area contributed by atoms with Crippen LogP contribution in [0.5, 0.6) is 5.75 Å². The summed E-state index contributed by atoms with van der Waals surface area (Å²) >= 11 is 0. The lowest BCUT2D eigenvalue weighted by molar-refractivity contribution is -0.141. The minimum absolute atomic E-state index is 0.0159. The van der Waals surface area contributed by atoms with Crippen LogP contribution in [0.1, 0.15) is 18.4 Å². The zero-order valence-corrected chi connectivity index (χ0v) is 15.7. The standard InChI is InChI=1S/C22H26N2O3/c1-23(16-18-8-4-2-5-9-18)22(26)19-12-14-24(15-13-19)21(25)17-27-20-10-6-3-7-11-20/h2-11,19H,12-17H2,1H3. The third-order valence-corrected chi connectivity index (χ3v) is 4.94. The summed E-state index contributed by atoms with van der Waals surface area (Å²) in [6.45, 7) is 1.86.